The van der Waals surface area contributed by atoms with E-state index in [1.54, 1.807) is 30.2 Å². The molecule has 0 aromatic heterocycles. The van der Waals surface area contributed by atoms with Crippen LogP contribution in [0, 0.1) is 0 Å². The number of aliphatic hydroxyl groups is 1. The molecule has 1 fully saturated rings. The number of carbonyl (C=O) groups is 1. The Bertz CT molecular complexity index is 566. The van der Waals surface area contributed by atoms with E-state index in [0.29, 0.717) is 62.8 Å². The van der Waals surface area contributed by atoms with Crippen molar-refractivity contribution >= 4 is 5.91 Å². The fourth-order valence-electron chi connectivity index (χ4n) is 3.02. The first kappa shape index (κ1) is 16.1. The molecule has 2 aliphatic heterocycles. The summed E-state index contributed by atoms with van der Waals surface area (Å²) in [4.78, 5) is 14.4. The molecule has 2 aliphatic rings. The SMILES string of the molecule is COCC1(O)CCN(C(=O)c2ccc3c(c2)OCCCO3)CC1. The van der Waals surface area contributed by atoms with Gasteiger partial charge in [-0.15, -0.1) is 0 Å². The molecule has 0 aliphatic carbocycles. The van der Waals surface area contributed by atoms with Crippen molar-refractivity contribution in [3.05, 3.63) is 23.8 Å². The number of carbonyl (C=O) groups excluding carboxylic acids is 1. The fourth-order valence-corrected chi connectivity index (χ4v) is 3.02. The first-order chi connectivity index (χ1) is 11.1. The number of hydrogen-bond donors (Lipinski definition) is 1. The lowest BCUT2D eigenvalue weighted by Crippen LogP contribution is -2.48. The minimum absolute atomic E-state index is 0.0416. The summed E-state index contributed by atoms with van der Waals surface area (Å²) in [6.45, 7) is 2.57. The molecular formula is C17H23NO5. The van der Waals surface area contributed by atoms with E-state index >= 15 is 0 Å². The first-order valence-corrected chi connectivity index (χ1v) is 8.02. The monoisotopic (exact) mass is 321 g/mol. The molecule has 0 radical (unpaired) electrons. The topological polar surface area (TPSA) is 68.2 Å². The van der Waals surface area contributed by atoms with E-state index in [1.807, 2.05) is 0 Å². The predicted octanol–water partition coefficient (Wildman–Crippen LogP) is 1.46. The molecule has 0 bridgehead atoms. The van der Waals surface area contributed by atoms with Crippen LogP contribution in [0.3, 0.4) is 0 Å². The highest BCUT2D eigenvalue weighted by molar-refractivity contribution is 5.95. The maximum absolute atomic E-state index is 12.7. The molecule has 0 spiro atoms. The predicted molar refractivity (Wildman–Crippen MR) is 84.0 cm³/mol. The smallest absolute Gasteiger partial charge is 0.253 e. The van der Waals surface area contributed by atoms with Gasteiger partial charge in [0.15, 0.2) is 11.5 Å². The minimum Gasteiger partial charge on any atom is -0.490 e. The molecule has 1 N–H and O–H groups in total. The molecule has 0 unspecified atom stereocenters. The van der Waals surface area contributed by atoms with Gasteiger partial charge >= 0.3 is 0 Å². The van der Waals surface area contributed by atoms with Gasteiger partial charge in [-0.3, -0.25) is 4.79 Å². The van der Waals surface area contributed by atoms with E-state index in [1.165, 1.54) is 0 Å². The molecule has 0 saturated carbocycles. The van der Waals surface area contributed by atoms with Crippen LogP contribution in [-0.4, -0.2) is 61.5 Å². The summed E-state index contributed by atoms with van der Waals surface area (Å²) in [5, 5.41) is 10.3. The van der Waals surface area contributed by atoms with Gasteiger partial charge in [-0.2, -0.15) is 0 Å². The fraction of sp³-hybridized carbons (Fsp3) is 0.588. The number of hydrogen-bond acceptors (Lipinski definition) is 5. The van der Waals surface area contributed by atoms with Crippen LogP contribution in [0.25, 0.3) is 0 Å². The lowest BCUT2D eigenvalue weighted by atomic mass is 9.92. The Balaban J connectivity index is 1.68. The molecule has 1 amide bonds. The molecule has 1 aromatic rings. The summed E-state index contributed by atoms with van der Waals surface area (Å²) in [7, 11) is 1.58. The molecule has 3 rings (SSSR count). The van der Waals surface area contributed by atoms with Crippen molar-refractivity contribution in [1.82, 2.24) is 4.90 Å². The number of nitrogens with zero attached hydrogens (tertiary/aromatic N) is 1. The number of ether oxygens (including phenoxy) is 3. The Morgan fingerprint density at radius 2 is 1.96 bits per heavy atom. The number of piperidine rings is 1. The van der Waals surface area contributed by atoms with E-state index in [4.69, 9.17) is 14.2 Å². The summed E-state index contributed by atoms with van der Waals surface area (Å²) < 4.78 is 16.3. The van der Waals surface area contributed by atoms with Crippen LogP contribution in [-0.2, 0) is 4.74 Å². The first-order valence-electron chi connectivity index (χ1n) is 8.02. The average Bonchev–Trinajstić information content (AvgIpc) is 2.79. The Morgan fingerprint density at radius 1 is 1.26 bits per heavy atom. The molecule has 23 heavy (non-hydrogen) atoms. The van der Waals surface area contributed by atoms with Gasteiger partial charge in [-0.1, -0.05) is 0 Å². The van der Waals surface area contributed by atoms with Crippen molar-refractivity contribution in [2.75, 3.05) is 40.0 Å². The normalized spacial score (nSPS) is 20.0. The number of rotatable bonds is 3. The van der Waals surface area contributed by atoms with Crippen LogP contribution in [0.1, 0.15) is 29.6 Å². The average molecular weight is 321 g/mol. The van der Waals surface area contributed by atoms with Gasteiger partial charge in [0.2, 0.25) is 0 Å². The molecule has 6 nitrogen and oxygen atoms in total. The van der Waals surface area contributed by atoms with Crippen molar-refractivity contribution in [2.45, 2.75) is 24.9 Å². The minimum atomic E-state index is -0.823. The quantitative estimate of drug-likeness (QED) is 0.913. The van der Waals surface area contributed by atoms with E-state index in [9.17, 15) is 9.90 Å². The summed E-state index contributed by atoms with van der Waals surface area (Å²) in [6.07, 6.45) is 1.89. The maximum atomic E-state index is 12.7. The van der Waals surface area contributed by atoms with Crippen LogP contribution in [0.15, 0.2) is 18.2 Å². The van der Waals surface area contributed by atoms with Gasteiger partial charge in [-0.05, 0) is 31.0 Å². The highest BCUT2D eigenvalue weighted by Gasteiger charge is 2.34. The molecule has 126 valence electrons. The number of methoxy groups -OCH3 is 1. The highest BCUT2D eigenvalue weighted by atomic mass is 16.5. The molecule has 6 heteroatoms. The van der Waals surface area contributed by atoms with Gasteiger partial charge in [0.25, 0.3) is 5.91 Å². The third-order valence-corrected chi connectivity index (χ3v) is 4.39. The van der Waals surface area contributed by atoms with Crippen LogP contribution in [0.4, 0.5) is 0 Å². The Morgan fingerprint density at radius 3 is 2.65 bits per heavy atom. The molecular weight excluding hydrogens is 298 g/mol. The summed E-state index contributed by atoms with van der Waals surface area (Å²) in [5.41, 5.74) is -0.234. The zero-order valence-corrected chi connectivity index (χ0v) is 13.4. The van der Waals surface area contributed by atoms with Crippen LogP contribution in [0.2, 0.25) is 0 Å². The maximum Gasteiger partial charge on any atom is 0.253 e. The van der Waals surface area contributed by atoms with Crippen molar-refractivity contribution in [2.24, 2.45) is 0 Å². The van der Waals surface area contributed by atoms with E-state index in [2.05, 4.69) is 0 Å². The van der Waals surface area contributed by atoms with Gasteiger partial charge in [0.05, 0.1) is 25.4 Å². The second kappa shape index (κ2) is 6.76. The van der Waals surface area contributed by atoms with Crippen LogP contribution >= 0.6 is 0 Å². The lowest BCUT2D eigenvalue weighted by molar-refractivity contribution is -0.0662. The molecule has 1 aromatic carbocycles. The summed E-state index contributed by atoms with van der Waals surface area (Å²) in [5.74, 6) is 1.27. The van der Waals surface area contributed by atoms with Gasteiger partial charge < -0.3 is 24.2 Å². The summed E-state index contributed by atoms with van der Waals surface area (Å²) in [6, 6.07) is 5.31. The van der Waals surface area contributed by atoms with Crippen LogP contribution < -0.4 is 9.47 Å². The summed E-state index contributed by atoms with van der Waals surface area (Å²) >= 11 is 0. The van der Waals surface area contributed by atoms with E-state index < -0.39 is 5.60 Å². The standard InChI is InChI=1S/C17H23NO5/c1-21-12-17(20)5-7-18(8-6-17)16(19)13-3-4-14-15(11-13)23-10-2-9-22-14/h3-4,11,20H,2,5-10,12H2,1H3. The van der Waals surface area contributed by atoms with Crippen molar-refractivity contribution < 1.29 is 24.1 Å². The largest absolute Gasteiger partial charge is 0.490 e. The van der Waals surface area contributed by atoms with Crippen LogP contribution in [0.5, 0.6) is 11.5 Å². The second-order valence-corrected chi connectivity index (χ2v) is 6.16. The van der Waals surface area contributed by atoms with Gasteiger partial charge in [-0.25, -0.2) is 0 Å². The zero-order chi connectivity index (χ0) is 16.3. The second-order valence-electron chi connectivity index (χ2n) is 6.16. The van der Waals surface area contributed by atoms with Crippen molar-refractivity contribution in [3.63, 3.8) is 0 Å². The Kier molecular flexibility index (Phi) is 4.73. The number of benzene rings is 1. The third kappa shape index (κ3) is 3.59. The van der Waals surface area contributed by atoms with Crippen molar-refractivity contribution in [3.8, 4) is 11.5 Å². The van der Waals surface area contributed by atoms with E-state index in [0.717, 1.165) is 6.42 Å². The van der Waals surface area contributed by atoms with Crippen molar-refractivity contribution in [1.29, 1.82) is 0 Å². The molecule has 1 saturated heterocycles. The zero-order valence-electron chi connectivity index (χ0n) is 13.4. The van der Waals surface area contributed by atoms with Gasteiger partial charge in [0.1, 0.15) is 0 Å². The van der Waals surface area contributed by atoms with Gasteiger partial charge in [0, 0.05) is 32.2 Å². The number of fused-ring (bicyclic) bond motifs is 1. The highest BCUT2D eigenvalue weighted by Crippen LogP contribution is 2.31. The molecule has 2 heterocycles. The molecule has 0 atom stereocenters. The third-order valence-electron chi connectivity index (χ3n) is 4.39. The van der Waals surface area contributed by atoms with E-state index in [-0.39, 0.29) is 5.91 Å². The number of amides is 1. The Hall–Kier alpha value is -1.79. The Labute approximate surface area is 135 Å². The number of likely N-dealkylation sites (tertiary alicyclic amines) is 1. The lowest BCUT2D eigenvalue weighted by Gasteiger charge is -2.37.